The summed E-state index contributed by atoms with van der Waals surface area (Å²) in [6.07, 6.45) is 1.07. The van der Waals surface area contributed by atoms with E-state index in [1.807, 2.05) is 13.1 Å². The van der Waals surface area contributed by atoms with Gasteiger partial charge in [0.15, 0.2) is 0 Å². The van der Waals surface area contributed by atoms with Crippen LogP contribution in [0.5, 0.6) is 0 Å². The predicted octanol–water partition coefficient (Wildman–Crippen LogP) is 2.85. The summed E-state index contributed by atoms with van der Waals surface area (Å²) < 4.78 is 19.5. The van der Waals surface area contributed by atoms with E-state index in [9.17, 15) is 4.39 Å². The normalized spacial score (nSPS) is 24.0. The van der Waals surface area contributed by atoms with Crippen molar-refractivity contribution in [2.75, 3.05) is 33.3 Å². The molecule has 1 saturated heterocycles. The molecule has 2 unspecified atom stereocenters. The van der Waals surface area contributed by atoms with Gasteiger partial charge in [0.25, 0.3) is 0 Å². The molecule has 0 bridgehead atoms. The average molecular weight is 301 g/mol. The lowest BCUT2D eigenvalue weighted by atomic mass is 9.97. The highest BCUT2D eigenvalue weighted by atomic mass is 35.5. The Morgan fingerprint density at radius 1 is 1.45 bits per heavy atom. The van der Waals surface area contributed by atoms with Crippen molar-refractivity contribution in [2.45, 2.75) is 25.5 Å². The molecule has 20 heavy (non-hydrogen) atoms. The molecule has 1 aliphatic heterocycles. The number of hydrogen-bond acceptors (Lipinski definition) is 3. The van der Waals surface area contributed by atoms with Gasteiger partial charge in [-0.05, 0) is 43.8 Å². The van der Waals surface area contributed by atoms with Crippen LogP contribution in [0, 0.1) is 5.82 Å². The fraction of sp³-hybridized carbons (Fsp3) is 0.600. The van der Waals surface area contributed by atoms with Gasteiger partial charge in [0, 0.05) is 18.1 Å². The quantitative estimate of drug-likeness (QED) is 0.905. The average Bonchev–Trinajstić information content (AvgIpc) is 2.38. The Labute approximate surface area is 125 Å². The molecule has 112 valence electrons. The minimum Gasteiger partial charge on any atom is -0.374 e. The second-order valence-corrected chi connectivity index (χ2v) is 5.59. The highest BCUT2D eigenvalue weighted by Gasteiger charge is 2.33. The van der Waals surface area contributed by atoms with E-state index in [0.29, 0.717) is 11.6 Å². The Balaban J connectivity index is 2.32. The molecule has 1 aromatic carbocycles. The molecule has 1 aromatic rings. The number of nitrogens with one attached hydrogen (secondary N) is 1. The van der Waals surface area contributed by atoms with E-state index >= 15 is 0 Å². The first-order chi connectivity index (χ1) is 9.65. The van der Waals surface area contributed by atoms with Crippen molar-refractivity contribution in [1.82, 2.24) is 10.2 Å². The molecule has 1 fully saturated rings. The standard InChI is InChI=1S/C15H22ClFN2O/c1-3-4-19-5-6-20-14(10-18-2)15(19)11-7-12(16)9-13(17)8-11/h7-9,14-15,18H,3-6,10H2,1-2H3. The summed E-state index contributed by atoms with van der Waals surface area (Å²) in [6.45, 7) is 5.44. The minimum absolute atomic E-state index is 0.0122. The van der Waals surface area contributed by atoms with Crippen LogP contribution in [-0.2, 0) is 4.74 Å². The maximum Gasteiger partial charge on any atom is 0.125 e. The predicted molar refractivity (Wildman–Crippen MR) is 79.7 cm³/mol. The van der Waals surface area contributed by atoms with Crippen molar-refractivity contribution in [3.63, 3.8) is 0 Å². The molecule has 0 aromatic heterocycles. The lowest BCUT2D eigenvalue weighted by molar-refractivity contribution is -0.0704. The number of halogens is 2. The zero-order valence-electron chi connectivity index (χ0n) is 12.0. The Bertz CT molecular complexity index is 406. The van der Waals surface area contributed by atoms with Crippen LogP contribution in [0.25, 0.3) is 0 Å². The molecule has 0 aliphatic carbocycles. The van der Waals surface area contributed by atoms with Crippen LogP contribution in [0.15, 0.2) is 18.2 Å². The molecule has 0 radical (unpaired) electrons. The fourth-order valence-corrected chi connectivity index (χ4v) is 3.10. The van der Waals surface area contributed by atoms with Crippen LogP contribution < -0.4 is 5.32 Å². The summed E-state index contributed by atoms with van der Waals surface area (Å²) in [4.78, 5) is 2.36. The van der Waals surface area contributed by atoms with Gasteiger partial charge in [0.05, 0.1) is 18.8 Å². The summed E-state index contributed by atoms with van der Waals surface area (Å²) >= 11 is 6.00. The third kappa shape index (κ3) is 3.70. The Hall–Kier alpha value is -0.680. The molecule has 2 atom stereocenters. The van der Waals surface area contributed by atoms with Gasteiger partial charge in [0.2, 0.25) is 0 Å². The summed E-state index contributed by atoms with van der Waals surface area (Å²) in [5.41, 5.74) is 0.892. The van der Waals surface area contributed by atoms with Crippen molar-refractivity contribution in [1.29, 1.82) is 0 Å². The Morgan fingerprint density at radius 2 is 2.25 bits per heavy atom. The third-order valence-electron chi connectivity index (χ3n) is 3.60. The number of hydrogen-bond donors (Lipinski definition) is 1. The van der Waals surface area contributed by atoms with Gasteiger partial charge in [0.1, 0.15) is 5.82 Å². The molecule has 0 amide bonds. The molecule has 1 heterocycles. The number of morpholine rings is 1. The van der Waals surface area contributed by atoms with Crippen LogP contribution in [0.1, 0.15) is 24.9 Å². The van der Waals surface area contributed by atoms with E-state index < -0.39 is 0 Å². The van der Waals surface area contributed by atoms with Crippen molar-refractivity contribution >= 4 is 11.6 Å². The first kappa shape index (κ1) is 15.7. The SMILES string of the molecule is CCCN1CCOC(CNC)C1c1cc(F)cc(Cl)c1. The van der Waals surface area contributed by atoms with E-state index in [2.05, 4.69) is 17.1 Å². The molecular formula is C15H22ClFN2O. The van der Waals surface area contributed by atoms with Gasteiger partial charge in [-0.1, -0.05) is 18.5 Å². The van der Waals surface area contributed by atoms with Gasteiger partial charge in [-0.2, -0.15) is 0 Å². The maximum absolute atomic E-state index is 13.6. The maximum atomic E-state index is 13.6. The molecular weight excluding hydrogens is 279 g/mol. The molecule has 1 N–H and O–H groups in total. The van der Waals surface area contributed by atoms with Gasteiger partial charge >= 0.3 is 0 Å². The smallest absolute Gasteiger partial charge is 0.125 e. The Kier molecular flexibility index (Phi) is 5.78. The number of ether oxygens (including phenoxy) is 1. The summed E-state index contributed by atoms with van der Waals surface area (Å²) in [5, 5.41) is 3.59. The monoisotopic (exact) mass is 300 g/mol. The van der Waals surface area contributed by atoms with E-state index in [-0.39, 0.29) is 18.0 Å². The van der Waals surface area contributed by atoms with E-state index in [1.165, 1.54) is 6.07 Å². The van der Waals surface area contributed by atoms with E-state index in [1.54, 1.807) is 6.07 Å². The molecule has 0 spiro atoms. The van der Waals surface area contributed by atoms with Gasteiger partial charge < -0.3 is 10.1 Å². The summed E-state index contributed by atoms with van der Waals surface area (Å²) in [7, 11) is 1.90. The molecule has 0 saturated carbocycles. The molecule has 2 rings (SSSR count). The topological polar surface area (TPSA) is 24.5 Å². The number of likely N-dealkylation sites (N-methyl/N-ethyl adjacent to an activating group) is 1. The zero-order chi connectivity index (χ0) is 14.5. The first-order valence-electron chi connectivity index (χ1n) is 7.12. The first-order valence-corrected chi connectivity index (χ1v) is 7.49. The van der Waals surface area contributed by atoms with Crippen LogP contribution in [0.3, 0.4) is 0 Å². The van der Waals surface area contributed by atoms with Crippen molar-refractivity contribution in [3.8, 4) is 0 Å². The highest BCUT2D eigenvalue weighted by molar-refractivity contribution is 6.30. The van der Waals surface area contributed by atoms with Gasteiger partial charge in [-0.25, -0.2) is 4.39 Å². The van der Waals surface area contributed by atoms with E-state index in [0.717, 1.165) is 31.6 Å². The van der Waals surface area contributed by atoms with Crippen LogP contribution in [-0.4, -0.2) is 44.3 Å². The largest absolute Gasteiger partial charge is 0.374 e. The second-order valence-electron chi connectivity index (χ2n) is 5.15. The van der Waals surface area contributed by atoms with Crippen LogP contribution in [0.4, 0.5) is 4.39 Å². The molecule has 3 nitrogen and oxygen atoms in total. The van der Waals surface area contributed by atoms with E-state index in [4.69, 9.17) is 16.3 Å². The van der Waals surface area contributed by atoms with Crippen molar-refractivity contribution in [3.05, 3.63) is 34.6 Å². The molecule has 1 aliphatic rings. The zero-order valence-corrected chi connectivity index (χ0v) is 12.8. The number of rotatable bonds is 5. The minimum atomic E-state index is -0.294. The van der Waals surface area contributed by atoms with Crippen molar-refractivity contribution < 1.29 is 9.13 Å². The van der Waals surface area contributed by atoms with Gasteiger partial charge in [-0.3, -0.25) is 4.90 Å². The number of benzene rings is 1. The fourth-order valence-electron chi connectivity index (χ4n) is 2.87. The molecule has 5 heteroatoms. The van der Waals surface area contributed by atoms with Crippen LogP contribution >= 0.6 is 11.6 Å². The van der Waals surface area contributed by atoms with Crippen LogP contribution in [0.2, 0.25) is 5.02 Å². The van der Waals surface area contributed by atoms with Crippen molar-refractivity contribution in [2.24, 2.45) is 0 Å². The number of nitrogens with zero attached hydrogens (tertiary/aromatic N) is 1. The third-order valence-corrected chi connectivity index (χ3v) is 3.82. The highest BCUT2D eigenvalue weighted by Crippen LogP contribution is 2.31. The lowest BCUT2D eigenvalue weighted by Gasteiger charge is -2.41. The second kappa shape index (κ2) is 7.36. The lowest BCUT2D eigenvalue weighted by Crippen LogP contribution is -2.48. The summed E-state index contributed by atoms with van der Waals surface area (Å²) in [6, 6.07) is 4.79. The summed E-state index contributed by atoms with van der Waals surface area (Å²) in [5.74, 6) is -0.294. The Morgan fingerprint density at radius 3 is 2.90 bits per heavy atom. The van der Waals surface area contributed by atoms with Gasteiger partial charge in [-0.15, -0.1) is 0 Å².